The molecule has 0 unspecified atom stereocenters. The molecule has 18 heteroatoms. The Balaban J connectivity index is 1.05. The van der Waals surface area contributed by atoms with Gasteiger partial charge in [-0.1, -0.05) is 53.2 Å². The zero-order valence-corrected chi connectivity index (χ0v) is 38.8. The van der Waals surface area contributed by atoms with Crippen molar-refractivity contribution >= 4 is 5.97 Å². The molecule has 372 valence electrons. The third-order valence-corrected chi connectivity index (χ3v) is 19.3. The standard InChI is InChI=1S/C47H76O18/c1-21-10-15-47(41(58)65-39-35(57)33(55)31(53)25(19-49)62-39)17-16-44(5)22(37(47)46(21,7)59)8-9-27-43(4)13-12-28(42(2,3)26(43)11-14-45(27,44)6)63-40-36(29(51)23(50)20-60-40)64-38-34(56)32(54)30(52)24(18-48)61-38/h8,21,23-40,48-57,59H,9-20H2,1-7H3/t21-,23+,24+,25+,26-,27+,28-,29-,30+,31+,32-,33-,34+,35+,36+,37+,38-,39-,40-,43-,44+,45+,46+,47-/m0/s1. The van der Waals surface area contributed by atoms with Crippen LogP contribution in [0.25, 0.3) is 0 Å². The highest BCUT2D eigenvalue weighted by Gasteiger charge is 2.72. The average Bonchev–Trinajstić information content (AvgIpc) is 3.25. The van der Waals surface area contributed by atoms with Gasteiger partial charge in [0.05, 0.1) is 36.9 Å². The number of carbonyl (C=O) groups excluding carboxylic acids is 1. The van der Waals surface area contributed by atoms with E-state index in [0.717, 1.165) is 24.8 Å². The van der Waals surface area contributed by atoms with E-state index in [-0.39, 0.29) is 35.2 Å². The molecule has 18 nitrogen and oxygen atoms in total. The first-order chi connectivity index (χ1) is 30.3. The van der Waals surface area contributed by atoms with Gasteiger partial charge in [-0.15, -0.1) is 0 Å². The maximum Gasteiger partial charge on any atom is 0.315 e. The van der Waals surface area contributed by atoms with Crippen LogP contribution in [-0.2, 0) is 33.2 Å². The van der Waals surface area contributed by atoms with Crippen molar-refractivity contribution in [3.63, 3.8) is 0 Å². The maximum absolute atomic E-state index is 14.7. The highest BCUT2D eigenvalue weighted by atomic mass is 16.8. The largest absolute Gasteiger partial charge is 0.432 e. The third kappa shape index (κ3) is 7.53. The summed E-state index contributed by atoms with van der Waals surface area (Å²) < 4.78 is 35.9. The molecular formula is C47H76O18. The number of aliphatic hydroxyl groups excluding tert-OH is 10. The molecule has 5 aliphatic carbocycles. The molecule has 8 aliphatic rings. The van der Waals surface area contributed by atoms with Crippen molar-refractivity contribution in [1.29, 1.82) is 0 Å². The minimum absolute atomic E-state index is 0.154. The molecule has 4 saturated carbocycles. The van der Waals surface area contributed by atoms with Crippen molar-refractivity contribution in [3.8, 4) is 0 Å². The van der Waals surface area contributed by atoms with Gasteiger partial charge >= 0.3 is 5.97 Å². The summed E-state index contributed by atoms with van der Waals surface area (Å²) in [5.41, 5.74) is -2.75. The van der Waals surface area contributed by atoms with Crippen LogP contribution >= 0.6 is 0 Å². The molecule has 3 aliphatic heterocycles. The summed E-state index contributed by atoms with van der Waals surface area (Å²) in [6, 6.07) is 0. The molecule has 0 aromatic heterocycles. The number of hydrogen-bond acceptors (Lipinski definition) is 18. The molecule has 0 radical (unpaired) electrons. The molecule has 7 fully saturated rings. The Hall–Kier alpha value is -1.43. The molecular weight excluding hydrogens is 852 g/mol. The lowest BCUT2D eigenvalue weighted by molar-refractivity contribution is -0.367. The Labute approximate surface area is 380 Å². The summed E-state index contributed by atoms with van der Waals surface area (Å²) in [4.78, 5) is 14.7. The van der Waals surface area contributed by atoms with Crippen molar-refractivity contribution in [2.45, 2.75) is 204 Å². The zero-order chi connectivity index (χ0) is 47.6. The van der Waals surface area contributed by atoms with Crippen LogP contribution in [-0.4, -0.2) is 180 Å². The second-order valence-corrected chi connectivity index (χ2v) is 22.7. The van der Waals surface area contributed by atoms with E-state index in [0.29, 0.717) is 38.5 Å². The monoisotopic (exact) mass is 929 g/mol. The van der Waals surface area contributed by atoms with Crippen LogP contribution in [0.5, 0.6) is 0 Å². The molecule has 8 rings (SSSR count). The first-order valence-corrected chi connectivity index (χ1v) is 23.9. The van der Waals surface area contributed by atoms with Crippen LogP contribution in [0.3, 0.4) is 0 Å². The molecule has 3 saturated heterocycles. The van der Waals surface area contributed by atoms with Gasteiger partial charge in [0.15, 0.2) is 12.6 Å². The lowest BCUT2D eigenvalue weighted by Crippen LogP contribution is -2.68. The Bertz CT molecular complexity index is 1770. The highest BCUT2D eigenvalue weighted by molar-refractivity contribution is 5.79. The molecule has 0 bridgehead atoms. The summed E-state index contributed by atoms with van der Waals surface area (Å²) in [7, 11) is 0. The number of rotatable bonds is 8. The number of carbonyl (C=O) groups is 1. The summed E-state index contributed by atoms with van der Waals surface area (Å²) in [5, 5.41) is 117. The van der Waals surface area contributed by atoms with Crippen molar-refractivity contribution in [3.05, 3.63) is 11.6 Å². The van der Waals surface area contributed by atoms with Crippen LogP contribution in [0.15, 0.2) is 11.6 Å². The Morgan fingerprint density at radius 2 is 1.31 bits per heavy atom. The van der Waals surface area contributed by atoms with E-state index < -0.39 is 139 Å². The molecule has 3 heterocycles. The van der Waals surface area contributed by atoms with Crippen LogP contribution in [0.1, 0.15) is 106 Å². The van der Waals surface area contributed by atoms with Gasteiger partial charge in [0.25, 0.3) is 0 Å². The Morgan fingerprint density at radius 3 is 1.94 bits per heavy atom. The maximum atomic E-state index is 14.7. The van der Waals surface area contributed by atoms with Gasteiger partial charge in [-0.3, -0.25) is 4.79 Å². The van der Waals surface area contributed by atoms with E-state index in [9.17, 15) is 61.0 Å². The van der Waals surface area contributed by atoms with Crippen LogP contribution in [0.4, 0.5) is 0 Å². The first kappa shape index (κ1) is 50.0. The summed E-state index contributed by atoms with van der Waals surface area (Å²) in [5.74, 6) is -1.06. The average molecular weight is 929 g/mol. The number of hydrogen-bond donors (Lipinski definition) is 11. The molecule has 0 amide bonds. The summed E-state index contributed by atoms with van der Waals surface area (Å²) in [6.45, 7) is 13.7. The van der Waals surface area contributed by atoms with E-state index in [2.05, 4.69) is 40.7 Å². The van der Waals surface area contributed by atoms with Gasteiger partial charge in [0.2, 0.25) is 6.29 Å². The number of esters is 1. The quantitative estimate of drug-likeness (QED) is 0.0850. The van der Waals surface area contributed by atoms with E-state index in [4.69, 9.17) is 28.4 Å². The topological polar surface area (TPSA) is 295 Å². The Morgan fingerprint density at radius 1 is 0.692 bits per heavy atom. The fourth-order valence-corrected chi connectivity index (χ4v) is 15.0. The van der Waals surface area contributed by atoms with E-state index in [1.165, 1.54) is 0 Å². The summed E-state index contributed by atoms with van der Waals surface area (Å²) >= 11 is 0. The predicted octanol–water partition coefficient (Wildman–Crippen LogP) is -0.250. The molecule has 0 aromatic carbocycles. The van der Waals surface area contributed by atoms with Crippen LogP contribution < -0.4 is 0 Å². The Kier molecular flexibility index (Phi) is 13.4. The number of aliphatic hydroxyl groups is 11. The van der Waals surface area contributed by atoms with E-state index >= 15 is 0 Å². The van der Waals surface area contributed by atoms with E-state index in [1.807, 2.05) is 13.8 Å². The highest BCUT2D eigenvalue weighted by Crippen LogP contribution is 2.76. The number of ether oxygens (including phenoxy) is 6. The lowest BCUT2D eigenvalue weighted by atomic mass is 9.33. The third-order valence-electron chi connectivity index (χ3n) is 19.3. The van der Waals surface area contributed by atoms with Crippen molar-refractivity contribution in [2.24, 2.45) is 50.7 Å². The zero-order valence-electron chi connectivity index (χ0n) is 38.8. The number of fused-ring (bicyclic) bond motifs is 7. The molecule has 11 N–H and O–H groups in total. The van der Waals surface area contributed by atoms with Gasteiger partial charge in [-0.05, 0) is 104 Å². The van der Waals surface area contributed by atoms with Gasteiger partial charge in [0.1, 0.15) is 67.1 Å². The molecule has 65 heavy (non-hydrogen) atoms. The van der Waals surface area contributed by atoms with Crippen molar-refractivity contribution in [1.82, 2.24) is 0 Å². The van der Waals surface area contributed by atoms with Gasteiger partial charge in [-0.2, -0.15) is 0 Å². The molecule has 0 aromatic rings. The second kappa shape index (κ2) is 17.5. The second-order valence-electron chi connectivity index (χ2n) is 22.7. The predicted molar refractivity (Wildman–Crippen MR) is 226 cm³/mol. The van der Waals surface area contributed by atoms with Crippen LogP contribution in [0, 0.1) is 50.7 Å². The minimum atomic E-state index is -1.75. The smallest absolute Gasteiger partial charge is 0.315 e. The van der Waals surface area contributed by atoms with Crippen molar-refractivity contribution in [2.75, 3.05) is 19.8 Å². The normalized spacial score (nSPS) is 55.4. The first-order valence-electron chi connectivity index (χ1n) is 23.9. The lowest BCUT2D eigenvalue weighted by Gasteiger charge is -2.72. The fraction of sp³-hybridized carbons (Fsp3) is 0.936. The SMILES string of the molecule is C[C@H]1CC[C@]2(C(=O)O[C@@H]3O[C@H](CO)[C@@H](O)[C@H](O)[C@H]3O)CC[C@]3(C)C(=CC[C@@H]4[C@@]5(C)CC[C@H](O[C@@H]6OC[C@@H](O)[C@H](O)[C@H]6O[C@@H]6O[C@H](CO)[C@@H](O)[C@H](O)[C@H]6O)C(C)(C)[C@@H]5CC[C@]43C)[C@@H]2[C@]1(C)O. The fourth-order valence-electron chi connectivity index (χ4n) is 15.0. The van der Waals surface area contributed by atoms with E-state index in [1.54, 1.807) is 0 Å². The van der Waals surface area contributed by atoms with Crippen molar-refractivity contribution < 1.29 is 89.4 Å². The van der Waals surface area contributed by atoms with Gasteiger partial charge in [0, 0.05) is 5.92 Å². The molecule has 24 atom stereocenters. The number of allylic oxidation sites excluding steroid dienone is 1. The minimum Gasteiger partial charge on any atom is -0.432 e. The van der Waals surface area contributed by atoms with Gasteiger partial charge < -0.3 is 84.6 Å². The molecule has 0 spiro atoms. The van der Waals surface area contributed by atoms with Gasteiger partial charge in [-0.25, -0.2) is 0 Å². The van der Waals surface area contributed by atoms with Crippen LogP contribution in [0.2, 0.25) is 0 Å². The summed E-state index contributed by atoms with van der Waals surface area (Å²) in [6.07, 6.45) is -13.6.